The molecule has 0 aliphatic carbocycles. The molecular formula is C17H21N3O4S. The van der Waals surface area contributed by atoms with Crippen molar-refractivity contribution in [1.82, 2.24) is 10.3 Å². The fourth-order valence-corrected chi connectivity index (χ4v) is 3.24. The average molecular weight is 363 g/mol. The second-order valence-electron chi connectivity index (χ2n) is 5.53. The summed E-state index contributed by atoms with van der Waals surface area (Å²) < 4.78 is 10.4. The molecule has 134 valence electrons. The van der Waals surface area contributed by atoms with Crippen molar-refractivity contribution in [3.05, 3.63) is 22.9 Å². The minimum Gasteiger partial charge on any atom is -0.462 e. The van der Waals surface area contributed by atoms with Crippen molar-refractivity contribution >= 4 is 23.6 Å². The Morgan fingerprint density at radius 2 is 2.36 bits per heavy atom. The van der Waals surface area contributed by atoms with E-state index >= 15 is 0 Å². The normalized spacial score (nSPS) is 16.3. The number of amides is 1. The highest BCUT2D eigenvalue weighted by atomic mass is 32.2. The predicted octanol–water partition coefficient (Wildman–Crippen LogP) is 1.83. The zero-order chi connectivity index (χ0) is 18.2. The van der Waals surface area contributed by atoms with Crippen LogP contribution in [0.4, 0.5) is 0 Å². The van der Waals surface area contributed by atoms with Crippen LogP contribution in [-0.4, -0.2) is 48.5 Å². The Balaban J connectivity index is 1.96. The number of esters is 1. The number of thioether (sulfide) groups is 1. The monoisotopic (exact) mass is 363 g/mol. The summed E-state index contributed by atoms with van der Waals surface area (Å²) in [6.45, 7) is 4.89. The molecule has 1 N–H and O–H groups in total. The average Bonchev–Trinajstić information content (AvgIpc) is 3.11. The molecule has 1 aromatic heterocycles. The molecule has 1 aliphatic rings. The number of nitrogens with one attached hydrogen (secondary N) is 1. The molecule has 1 aromatic rings. The number of nitriles is 1. The third-order valence-electron chi connectivity index (χ3n) is 3.68. The number of nitrogens with zero attached hydrogens (tertiary/aromatic N) is 2. The van der Waals surface area contributed by atoms with Gasteiger partial charge in [-0.25, -0.2) is 9.78 Å². The van der Waals surface area contributed by atoms with Gasteiger partial charge in [-0.1, -0.05) is 11.8 Å². The summed E-state index contributed by atoms with van der Waals surface area (Å²) in [5.41, 5.74) is 0.996. The smallest absolute Gasteiger partial charge is 0.340 e. The molecule has 0 unspecified atom stereocenters. The first-order valence-corrected chi connectivity index (χ1v) is 9.13. The van der Waals surface area contributed by atoms with Gasteiger partial charge in [0.05, 0.1) is 35.3 Å². The third kappa shape index (κ3) is 5.44. The van der Waals surface area contributed by atoms with Gasteiger partial charge in [-0.3, -0.25) is 4.79 Å². The van der Waals surface area contributed by atoms with Crippen LogP contribution in [0.15, 0.2) is 11.1 Å². The van der Waals surface area contributed by atoms with Crippen LogP contribution >= 0.6 is 11.8 Å². The van der Waals surface area contributed by atoms with Gasteiger partial charge in [0, 0.05) is 13.2 Å². The van der Waals surface area contributed by atoms with Crippen LogP contribution < -0.4 is 5.32 Å². The number of hydrogen-bond acceptors (Lipinski definition) is 7. The molecule has 1 amide bonds. The molecular weight excluding hydrogens is 342 g/mol. The van der Waals surface area contributed by atoms with Gasteiger partial charge in [0.15, 0.2) is 0 Å². The molecule has 2 rings (SSSR count). The van der Waals surface area contributed by atoms with Gasteiger partial charge in [0.2, 0.25) is 5.91 Å². The van der Waals surface area contributed by atoms with Gasteiger partial charge in [-0.05, 0) is 32.8 Å². The maximum Gasteiger partial charge on any atom is 0.340 e. The SMILES string of the molecule is CCOC(=O)c1cc(C#N)c(SCC(=O)NC[C@H]2CCCO2)nc1C. The lowest BCUT2D eigenvalue weighted by Gasteiger charge is -2.11. The minimum absolute atomic E-state index is 0.0906. The van der Waals surface area contributed by atoms with E-state index < -0.39 is 5.97 Å². The van der Waals surface area contributed by atoms with E-state index in [4.69, 9.17) is 9.47 Å². The van der Waals surface area contributed by atoms with Crippen molar-refractivity contribution in [3.8, 4) is 6.07 Å². The second kappa shape index (κ2) is 9.39. The Morgan fingerprint density at radius 1 is 1.56 bits per heavy atom. The van der Waals surface area contributed by atoms with Crippen molar-refractivity contribution in [2.45, 2.75) is 37.8 Å². The van der Waals surface area contributed by atoms with E-state index in [2.05, 4.69) is 10.3 Å². The number of rotatable bonds is 7. The van der Waals surface area contributed by atoms with Crippen molar-refractivity contribution in [2.24, 2.45) is 0 Å². The summed E-state index contributed by atoms with van der Waals surface area (Å²) in [5.74, 6) is -0.500. The van der Waals surface area contributed by atoms with Gasteiger partial charge < -0.3 is 14.8 Å². The van der Waals surface area contributed by atoms with Crippen LogP contribution in [0.25, 0.3) is 0 Å². The van der Waals surface area contributed by atoms with Crippen LogP contribution in [0.2, 0.25) is 0 Å². The topological polar surface area (TPSA) is 101 Å². The van der Waals surface area contributed by atoms with E-state index in [0.717, 1.165) is 19.4 Å². The molecule has 0 spiro atoms. The van der Waals surface area contributed by atoms with Gasteiger partial charge >= 0.3 is 5.97 Å². The molecule has 8 heteroatoms. The Bertz CT molecular complexity index is 681. The zero-order valence-electron chi connectivity index (χ0n) is 14.3. The van der Waals surface area contributed by atoms with Crippen molar-refractivity contribution in [3.63, 3.8) is 0 Å². The standard InChI is InChI=1S/C17H21N3O4S/c1-3-23-17(22)14-7-12(8-18)16(20-11(14)2)25-10-15(21)19-9-13-5-4-6-24-13/h7,13H,3-6,9-10H2,1-2H3,(H,19,21)/t13-/m1/s1. The first kappa shape index (κ1) is 19.2. The first-order chi connectivity index (χ1) is 12.0. The largest absolute Gasteiger partial charge is 0.462 e. The summed E-state index contributed by atoms with van der Waals surface area (Å²) in [5, 5.41) is 12.5. The molecule has 0 aromatic carbocycles. The molecule has 1 fully saturated rings. The van der Waals surface area contributed by atoms with E-state index in [1.54, 1.807) is 13.8 Å². The fraction of sp³-hybridized carbons (Fsp3) is 0.529. The number of aryl methyl sites for hydroxylation is 1. The van der Waals surface area contributed by atoms with E-state index in [1.165, 1.54) is 17.8 Å². The maximum absolute atomic E-state index is 11.9. The molecule has 2 heterocycles. The molecule has 1 aliphatic heterocycles. The van der Waals surface area contributed by atoms with E-state index in [1.807, 2.05) is 6.07 Å². The zero-order valence-corrected chi connectivity index (χ0v) is 15.1. The van der Waals surface area contributed by atoms with Crippen LogP contribution in [0.1, 0.15) is 41.4 Å². The van der Waals surface area contributed by atoms with Crippen molar-refractivity contribution in [2.75, 3.05) is 25.5 Å². The summed E-state index contributed by atoms with van der Waals surface area (Å²) >= 11 is 1.17. The number of hydrogen-bond donors (Lipinski definition) is 1. The van der Waals surface area contributed by atoms with Gasteiger partial charge in [-0.15, -0.1) is 0 Å². The second-order valence-corrected chi connectivity index (χ2v) is 6.50. The maximum atomic E-state index is 11.9. The van der Waals surface area contributed by atoms with Crippen LogP contribution in [0, 0.1) is 18.3 Å². The van der Waals surface area contributed by atoms with Crippen LogP contribution in [0.3, 0.4) is 0 Å². The van der Waals surface area contributed by atoms with Crippen molar-refractivity contribution < 1.29 is 19.1 Å². The number of carbonyl (C=O) groups excluding carboxylic acids is 2. The number of pyridine rings is 1. The number of carbonyl (C=O) groups is 2. The number of ether oxygens (including phenoxy) is 2. The summed E-state index contributed by atoms with van der Waals surface area (Å²) in [4.78, 5) is 28.1. The summed E-state index contributed by atoms with van der Waals surface area (Å²) in [7, 11) is 0. The molecule has 1 saturated heterocycles. The molecule has 25 heavy (non-hydrogen) atoms. The Kier molecular flexibility index (Phi) is 7.22. The Hall–Kier alpha value is -2.11. The highest BCUT2D eigenvalue weighted by Gasteiger charge is 2.18. The molecule has 7 nitrogen and oxygen atoms in total. The minimum atomic E-state index is -0.505. The van der Waals surface area contributed by atoms with Crippen LogP contribution in [0.5, 0.6) is 0 Å². The summed E-state index contributed by atoms with van der Waals surface area (Å²) in [6, 6.07) is 3.48. The molecule has 1 atom stereocenters. The highest BCUT2D eigenvalue weighted by molar-refractivity contribution is 8.00. The molecule has 0 radical (unpaired) electrons. The number of aromatic nitrogens is 1. The van der Waals surface area contributed by atoms with E-state index in [-0.39, 0.29) is 35.5 Å². The van der Waals surface area contributed by atoms with Gasteiger partial charge in [-0.2, -0.15) is 5.26 Å². The fourth-order valence-electron chi connectivity index (χ4n) is 2.41. The van der Waals surface area contributed by atoms with Crippen LogP contribution in [-0.2, 0) is 14.3 Å². The van der Waals surface area contributed by atoms with Crippen molar-refractivity contribution in [1.29, 1.82) is 5.26 Å². The highest BCUT2D eigenvalue weighted by Crippen LogP contribution is 2.23. The third-order valence-corrected chi connectivity index (χ3v) is 4.68. The lowest BCUT2D eigenvalue weighted by molar-refractivity contribution is -0.119. The van der Waals surface area contributed by atoms with E-state index in [9.17, 15) is 14.9 Å². The Morgan fingerprint density at radius 3 is 3.00 bits per heavy atom. The summed E-state index contributed by atoms with van der Waals surface area (Å²) in [6.07, 6.45) is 2.08. The van der Waals surface area contributed by atoms with E-state index in [0.29, 0.717) is 17.3 Å². The quantitative estimate of drug-likeness (QED) is 0.582. The molecule has 0 bridgehead atoms. The first-order valence-electron chi connectivity index (χ1n) is 8.15. The lowest BCUT2D eigenvalue weighted by Crippen LogP contribution is -2.32. The molecule has 0 saturated carbocycles. The predicted molar refractivity (Wildman–Crippen MR) is 92.4 cm³/mol. The lowest BCUT2D eigenvalue weighted by atomic mass is 10.1. The van der Waals surface area contributed by atoms with Gasteiger partial charge in [0.1, 0.15) is 11.1 Å². The van der Waals surface area contributed by atoms with Gasteiger partial charge in [0.25, 0.3) is 0 Å². The Labute approximate surface area is 151 Å².